The van der Waals surface area contributed by atoms with Crippen LogP contribution in [0.4, 0.5) is 4.79 Å². The van der Waals surface area contributed by atoms with Gasteiger partial charge in [0.05, 0.1) is 31.2 Å². The first kappa shape index (κ1) is 19.4. The molecule has 1 saturated heterocycles. The molecular formula is C17H28N4O4. The van der Waals surface area contributed by atoms with Crippen molar-refractivity contribution in [2.24, 2.45) is 21.6 Å². The number of carbonyl (C=O) groups excluding carboxylic acids is 3. The zero-order valence-electron chi connectivity index (χ0n) is 15.2. The number of nitrogens with two attached hydrogens (primary N) is 1. The van der Waals surface area contributed by atoms with E-state index >= 15 is 0 Å². The van der Waals surface area contributed by atoms with Gasteiger partial charge in [-0.3, -0.25) is 4.79 Å². The molecule has 0 spiro atoms. The van der Waals surface area contributed by atoms with E-state index in [1.54, 1.807) is 6.08 Å². The van der Waals surface area contributed by atoms with Gasteiger partial charge >= 0.3 is 6.03 Å². The van der Waals surface area contributed by atoms with Gasteiger partial charge in [0.1, 0.15) is 0 Å². The Bertz CT molecular complexity index is 581. The molecule has 140 valence electrons. The lowest BCUT2D eigenvalue weighted by Gasteiger charge is -2.45. The van der Waals surface area contributed by atoms with Gasteiger partial charge in [-0.15, -0.1) is 0 Å². The van der Waals surface area contributed by atoms with E-state index in [4.69, 9.17) is 10.5 Å². The fraction of sp³-hybridized carbons (Fsp3) is 0.824. The summed E-state index contributed by atoms with van der Waals surface area (Å²) in [5, 5.41) is 5.71. The highest BCUT2D eigenvalue weighted by Crippen LogP contribution is 2.46. The van der Waals surface area contributed by atoms with E-state index in [0.29, 0.717) is 6.54 Å². The summed E-state index contributed by atoms with van der Waals surface area (Å²) in [6.07, 6.45) is 4.19. The molecule has 25 heavy (non-hydrogen) atoms. The molecule has 1 saturated carbocycles. The lowest BCUT2D eigenvalue weighted by Crippen LogP contribution is -2.65. The zero-order chi connectivity index (χ0) is 18.7. The van der Waals surface area contributed by atoms with E-state index in [2.05, 4.69) is 36.4 Å². The first-order chi connectivity index (χ1) is 11.6. The Morgan fingerprint density at radius 3 is 2.48 bits per heavy atom. The van der Waals surface area contributed by atoms with Crippen LogP contribution in [0, 0.1) is 10.8 Å². The lowest BCUT2D eigenvalue weighted by molar-refractivity contribution is -0.127. The van der Waals surface area contributed by atoms with Crippen LogP contribution in [-0.4, -0.2) is 49.4 Å². The summed E-state index contributed by atoms with van der Waals surface area (Å²) in [5.74, 6) is -0.473. The number of primary amides is 1. The summed E-state index contributed by atoms with van der Waals surface area (Å²) in [6, 6.07) is -0.415. The van der Waals surface area contributed by atoms with Crippen molar-refractivity contribution in [2.45, 2.75) is 58.0 Å². The lowest BCUT2D eigenvalue weighted by atomic mass is 9.63. The van der Waals surface area contributed by atoms with Crippen molar-refractivity contribution >= 4 is 18.0 Å². The van der Waals surface area contributed by atoms with Gasteiger partial charge in [0.2, 0.25) is 12.0 Å². The number of nitrogens with zero attached hydrogens (tertiary/aromatic N) is 1. The molecule has 1 aliphatic heterocycles. The largest absolute Gasteiger partial charge is 0.376 e. The summed E-state index contributed by atoms with van der Waals surface area (Å²) in [5.41, 5.74) is 4.40. The SMILES string of the molecule is CC1(C)CC(N=C=O)CC(C)(CNC(=O)NC2(CC(N)=O)COC2)C1. The van der Waals surface area contributed by atoms with E-state index in [9.17, 15) is 14.4 Å². The quantitative estimate of drug-likeness (QED) is 0.484. The van der Waals surface area contributed by atoms with E-state index in [-0.39, 0.29) is 42.5 Å². The van der Waals surface area contributed by atoms with Crippen LogP contribution >= 0.6 is 0 Å². The maximum Gasteiger partial charge on any atom is 0.315 e. The van der Waals surface area contributed by atoms with Gasteiger partial charge in [-0.05, 0) is 30.1 Å². The summed E-state index contributed by atoms with van der Waals surface area (Å²) >= 11 is 0. The number of ether oxygens (including phenoxy) is 1. The zero-order valence-corrected chi connectivity index (χ0v) is 15.2. The van der Waals surface area contributed by atoms with Crippen LogP contribution in [0.1, 0.15) is 46.5 Å². The summed E-state index contributed by atoms with van der Waals surface area (Å²) in [7, 11) is 0. The van der Waals surface area contributed by atoms with Crippen molar-refractivity contribution in [3.8, 4) is 0 Å². The smallest absolute Gasteiger partial charge is 0.315 e. The highest BCUT2D eigenvalue weighted by molar-refractivity contribution is 5.79. The van der Waals surface area contributed by atoms with Crippen molar-refractivity contribution in [2.75, 3.05) is 19.8 Å². The molecule has 4 N–H and O–H groups in total. The fourth-order valence-electron chi connectivity index (χ4n) is 4.36. The van der Waals surface area contributed by atoms with Crippen LogP contribution in [0.3, 0.4) is 0 Å². The third kappa shape index (κ3) is 5.28. The van der Waals surface area contributed by atoms with E-state index in [1.807, 2.05) is 0 Å². The van der Waals surface area contributed by atoms with Crippen LogP contribution < -0.4 is 16.4 Å². The normalized spacial score (nSPS) is 29.6. The fourth-order valence-corrected chi connectivity index (χ4v) is 4.36. The number of rotatable bonds is 6. The maximum absolute atomic E-state index is 12.3. The highest BCUT2D eigenvalue weighted by Gasteiger charge is 2.43. The standard InChI is InChI=1S/C17H28N4O4/c1-15(2)4-12(20-11-22)5-16(3,7-15)8-19-14(24)21-17(6-13(18)23)9-25-10-17/h12H,4-10H2,1-3H3,(H2,18,23)(H2,19,21,24). The molecule has 0 bridgehead atoms. The van der Waals surface area contributed by atoms with Crippen molar-refractivity contribution < 1.29 is 19.1 Å². The first-order valence-electron chi connectivity index (χ1n) is 8.56. The molecule has 0 radical (unpaired) electrons. The number of isocyanates is 1. The molecule has 1 heterocycles. The number of urea groups is 1. The highest BCUT2D eigenvalue weighted by atomic mass is 16.5. The third-order valence-corrected chi connectivity index (χ3v) is 4.98. The molecule has 2 aliphatic rings. The third-order valence-electron chi connectivity index (χ3n) is 4.98. The number of nitrogens with one attached hydrogen (secondary N) is 2. The predicted octanol–water partition coefficient (Wildman–Crippen LogP) is 0.851. The molecule has 1 aliphatic carbocycles. The van der Waals surface area contributed by atoms with E-state index in [0.717, 1.165) is 19.3 Å². The molecule has 2 atom stereocenters. The van der Waals surface area contributed by atoms with E-state index < -0.39 is 11.4 Å². The molecule has 0 aromatic carbocycles. The molecule has 0 aromatic heterocycles. The average Bonchev–Trinajstić information content (AvgIpc) is 2.40. The number of amides is 3. The van der Waals surface area contributed by atoms with Crippen molar-refractivity contribution in [3.05, 3.63) is 0 Å². The number of aliphatic imine (C=N–C) groups is 1. The minimum Gasteiger partial charge on any atom is -0.376 e. The Balaban J connectivity index is 1.93. The van der Waals surface area contributed by atoms with Crippen molar-refractivity contribution in [1.82, 2.24) is 10.6 Å². The Kier molecular flexibility index (Phi) is 5.54. The van der Waals surface area contributed by atoms with E-state index in [1.165, 1.54) is 0 Å². The Morgan fingerprint density at radius 2 is 1.96 bits per heavy atom. The monoisotopic (exact) mass is 352 g/mol. The summed E-state index contributed by atoms with van der Waals surface area (Å²) < 4.78 is 5.12. The maximum atomic E-state index is 12.3. The van der Waals surface area contributed by atoms with Crippen LogP contribution in [0.15, 0.2) is 4.99 Å². The van der Waals surface area contributed by atoms with Gasteiger partial charge in [0.25, 0.3) is 0 Å². The molecule has 8 heteroatoms. The molecule has 2 rings (SSSR count). The van der Waals surface area contributed by atoms with Crippen LogP contribution in [0.2, 0.25) is 0 Å². The minimum absolute atomic E-state index is 0.0329. The van der Waals surface area contributed by atoms with Crippen LogP contribution in [-0.2, 0) is 14.3 Å². The number of carbonyl (C=O) groups is 2. The second kappa shape index (κ2) is 7.14. The first-order valence-corrected chi connectivity index (χ1v) is 8.56. The summed E-state index contributed by atoms with van der Waals surface area (Å²) in [4.78, 5) is 38.0. The van der Waals surface area contributed by atoms with Gasteiger partial charge in [0, 0.05) is 6.54 Å². The molecule has 2 unspecified atom stereocenters. The number of hydrogen-bond acceptors (Lipinski definition) is 5. The molecule has 2 fully saturated rings. The predicted molar refractivity (Wildman–Crippen MR) is 91.5 cm³/mol. The van der Waals surface area contributed by atoms with Crippen molar-refractivity contribution in [3.63, 3.8) is 0 Å². The van der Waals surface area contributed by atoms with Gasteiger partial charge in [0.15, 0.2) is 0 Å². The molecule has 3 amide bonds. The molecule has 0 aromatic rings. The van der Waals surface area contributed by atoms with Gasteiger partial charge in [-0.1, -0.05) is 20.8 Å². The van der Waals surface area contributed by atoms with Crippen molar-refractivity contribution in [1.29, 1.82) is 0 Å². The molecule has 8 nitrogen and oxygen atoms in total. The Labute approximate surface area is 147 Å². The van der Waals surface area contributed by atoms with Crippen LogP contribution in [0.25, 0.3) is 0 Å². The van der Waals surface area contributed by atoms with Gasteiger partial charge < -0.3 is 21.1 Å². The minimum atomic E-state index is -0.701. The topological polar surface area (TPSA) is 123 Å². The average molecular weight is 352 g/mol. The molecular weight excluding hydrogens is 324 g/mol. The van der Waals surface area contributed by atoms with Gasteiger partial charge in [-0.2, -0.15) is 0 Å². The summed E-state index contributed by atoms with van der Waals surface area (Å²) in [6.45, 7) is 7.40. The second-order valence-corrected chi connectivity index (χ2v) is 8.66. The number of hydrogen-bond donors (Lipinski definition) is 3. The van der Waals surface area contributed by atoms with Gasteiger partial charge in [-0.25, -0.2) is 14.6 Å². The Hall–Kier alpha value is -1.92. The Morgan fingerprint density at radius 1 is 1.28 bits per heavy atom. The second-order valence-electron chi connectivity index (χ2n) is 8.66. The van der Waals surface area contributed by atoms with Crippen LogP contribution in [0.5, 0.6) is 0 Å².